The predicted molar refractivity (Wildman–Crippen MR) is 416 cm³/mol. The molecule has 6 aromatic rings. The average Bonchev–Trinajstić information content (AvgIpc) is 0.829. The van der Waals surface area contributed by atoms with Gasteiger partial charge in [0.05, 0.1) is 24.5 Å². The SMILES string of the molecule is CC(C)c1ccc2c(c1)CC(C(C)C)C(=O)N2.CC(C)c1ccc2c(c1)CC(C(C)C)C(=O)O2.CC(C)c1ccc2c(c1)CN(C(C)C)C(=O)N2.CC(C)c1ccc2c(c1)CN(C(C)C)C(=O)O2.CC(C)c1ccc2c(c1)CN(C(C)C)C=C2.CC(C)c1ccc2c(c1)CN(C(C)C)C=N2. The molecule has 2 N–H and O–H groups in total. The Morgan fingerprint density at radius 2 is 0.810 bits per heavy atom. The van der Waals surface area contributed by atoms with Crippen LogP contribution in [0.5, 0.6) is 11.5 Å². The van der Waals surface area contributed by atoms with E-state index in [1.165, 1.54) is 66.8 Å². The van der Waals surface area contributed by atoms with Gasteiger partial charge in [0.25, 0.3) is 0 Å². The number of hydrogen-bond acceptors (Lipinski definition) is 9. The molecule has 6 aromatic carbocycles. The lowest BCUT2D eigenvalue weighted by atomic mass is 9.84. The fraction of sp³-hybridized carbons (Fsp3) is 0.506. The van der Waals surface area contributed by atoms with Crippen molar-refractivity contribution in [1.82, 2.24) is 19.6 Å². The lowest BCUT2D eigenvalue weighted by Crippen LogP contribution is -2.42. The van der Waals surface area contributed by atoms with Crippen molar-refractivity contribution in [3.05, 3.63) is 188 Å². The molecule has 0 aromatic heterocycles. The summed E-state index contributed by atoms with van der Waals surface area (Å²) in [4.78, 5) is 60.0. The lowest BCUT2D eigenvalue weighted by Gasteiger charge is -2.32. The van der Waals surface area contributed by atoms with Crippen LogP contribution in [0.2, 0.25) is 0 Å². The summed E-state index contributed by atoms with van der Waals surface area (Å²) < 4.78 is 10.7. The maximum atomic E-state index is 11.9. The molecule has 0 spiro atoms. The van der Waals surface area contributed by atoms with E-state index in [0.717, 1.165) is 54.3 Å². The minimum absolute atomic E-state index is 0.00444. The van der Waals surface area contributed by atoms with Crippen molar-refractivity contribution in [3.8, 4) is 11.5 Å². The number of urea groups is 1. The Balaban J connectivity index is 0.000000169. The molecule has 6 aliphatic rings. The minimum Gasteiger partial charge on any atom is -0.426 e. The van der Waals surface area contributed by atoms with E-state index >= 15 is 0 Å². The predicted octanol–water partition coefficient (Wildman–Crippen LogP) is 21.9. The van der Waals surface area contributed by atoms with Gasteiger partial charge in [0.15, 0.2) is 0 Å². The van der Waals surface area contributed by atoms with Gasteiger partial charge in [-0.3, -0.25) is 9.59 Å². The van der Waals surface area contributed by atoms with Gasteiger partial charge < -0.3 is 39.7 Å². The second kappa shape index (κ2) is 35.4. The number of rotatable bonds is 12. The number of carbonyl (C=O) groups is 4. The molecule has 0 bridgehead atoms. The summed E-state index contributed by atoms with van der Waals surface area (Å²) in [5.41, 5.74) is 20.1. The average molecular weight is 1360 g/mol. The Bertz CT molecular complexity index is 3420. The van der Waals surface area contributed by atoms with Gasteiger partial charge in [-0.2, -0.15) is 0 Å². The topological polar surface area (TPSA) is 136 Å². The van der Waals surface area contributed by atoms with Crippen LogP contribution in [0.1, 0.15) is 274 Å². The lowest BCUT2D eigenvalue weighted by molar-refractivity contribution is -0.141. The fourth-order valence-electron chi connectivity index (χ4n) is 12.6. The third-order valence-electron chi connectivity index (χ3n) is 20.0. The van der Waals surface area contributed by atoms with Gasteiger partial charge in [0.2, 0.25) is 5.91 Å². The molecule has 0 fully saturated rings. The maximum absolute atomic E-state index is 11.9. The first-order chi connectivity index (χ1) is 47.1. The van der Waals surface area contributed by atoms with Crippen LogP contribution in [0.4, 0.5) is 26.7 Å². The number of nitrogens with zero attached hydrogens (tertiary/aromatic N) is 5. The molecule has 13 nitrogen and oxygen atoms in total. The smallest absolute Gasteiger partial charge is 0.415 e. The van der Waals surface area contributed by atoms with Gasteiger partial charge >= 0.3 is 18.1 Å². The highest BCUT2D eigenvalue weighted by atomic mass is 16.6. The molecule has 12 rings (SSSR count). The normalized spacial score (nSPS) is 16.5. The number of fused-ring (bicyclic) bond motifs is 6. The highest BCUT2D eigenvalue weighted by molar-refractivity contribution is 5.96. The van der Waals surface area contributed by atoms with E-state index in [1.807, 2.05) is 75.3 Å². The van der Waals surface area contributed by atoms with Crippen molar-refractivity contribution in [1.29, 1.82) is 0 Å². The van der Waals surface area contributed by atoms with Gasteiger partial charge in [0.1, 0.15) is 11.5 Å². The molecule has 2 atom stereocenters. The molecule has 6 heterocycles. The summed E-state index contributed by atoms with van der Waals surface area (Å²) in [5, 5.41) is 5.96. The third kappa shape index (κ3) is 21.0. The van der Waals surface area contributed by atoms with Crippen LogP contribution in [-0.2, 0) is 48.6 Å². The van der Waals surface area contributed by atoms with E-state index in [1.54, 1.807) is 4.90 Å². The largest absolute Gasteiger partial charge is 0.426 e. The Labute approximate surface area is 602 Å². The molecule has 6 aliphatic heterocycles. The number of esters is 1. The highest BCUT2D eigenvalue weighted by Crippen LogP contribution is 2.37. The number of ether oxygens (including phenoxy) is 2. The van der Waals surface area contributed by atoms with Crippen LogP contribution < -0.4 is 20.1 Å². The number of aliphatic imine (C=N–C) groups is 1. The Morgan fingerprint density at radius 3 is 1.32 bits per heavy atom. The first kappa shape index (κ1) is 79.1. The van der Waals surface area contributed by atoms with Crippen LogP contribution in [0, 0.1) is 23.7 Å². The van der Waals surface area contributed by atoms with Crippen LogP contribution in [-0.4, -0.2) is 74.1 Å². The monoisotopic (exact) mass is 1360 g/mol. The van der Waals surface area contributed by atoms with E-state index in [4.69, 9.17) is 9.47 Å². The van der Waals surface area contributed by atoms with Gasteiger partial charge in [-0.1, -0.05) is 190 Å². The highest BCUT2D eigenvalue weighted by Gasteiger charge is 2.33. The van der Waals surface area contributed by atoms with Crippen molar-refractivity contribution in [2.24, 2.45) is 28.7 Å². The summed E-state index contributed by atoms with van der Waals surface area (Å²) in [6.07, 6.45) is 7.84. The molecule has 4 amide bonds. The second-order valence-electron chi connectivity index (χ2n) is 31.7. The van der Waals surface area contributed by atoms with Crippen LogP contribution in [0.15, 0.2) is 120 Å². The number of carbonyl (C=O) groups excluding carboxylic acids is 4. The van der Waals surface area contributed by atoms with Gasteiger partial charge in [0, 0.05) is 72.9 Å². The molecular formula is C87H121N7O6. The Hall–Kier alpha value is -8.19. The second-order valence-corrected chi connectivity index (χ2v) is 31.7. The van der Waals surface area contributed by atoms with E-state index in [2.05, 4.69) is 249 Å². The molecule has 0 aliphatic carbocycles. The zero-order valence-electron chi connectivity index (χ0n) is 65.1. The third-order valence-corrected chi connectivity index (χ3v) is 20.0. The maximum Gasteiger partial charge on any atom is 0.415 e. The molecule has 0 saturated heterocycles. The van der Waals surface area contributed by atoms with Crippen molar-refractivity contribution in [2.45, 2.75) is 265 Å². The molecule has 540 valence electrons. The quantitative estimate of drug-likeness (QED) is 0.0913. The van der Waals surface area contributed by atoms with Gasteiger partial charge in [-0.05, 0) is 219 Å². The number of amides is 4. The number of nitrogens with one attached hydrogen (secondary N) is 2. The minimum atomic E-state index is -0.246. The summed E-state index contributed by atoms with van der Waals surface area (Å²) in [6.45, 7) is 55.1. The van der Waals surface area contributed by atoms with Crippen LogP contribution in [0.3, 0.4) is 0 Å². The summed E-state index contributed by atoms with van der Waals surface area (Å²) >= 11 is 0. The first-order valence-electron chi connectivity index (χ1n) is 37.2. The van der Waals surface area contributed by atoms with E-state index < -0.39 is 0 Å². The summed E-state index contributed by atoms with van der Waals surface area (Å²) in [6, 6.07) is 39.9. The number of benzene rings is 6. The molecular weight excluding hydrogens is 1240 g/mol. The molecule has 0 radical (unpaired) electrons. The Kier molecular flexibility index (Phi) is 28.0. The first-order valence-corrected chi connectivity index (χ1v) is 37.2. The van der Waals surface area contributed by atoms with Gasteiger partial charge in [-0.15, -0.1) is 0 Å². The zero-order valence-corrected chi connectivity index (χ0v) is 65.1. The summed E-state index contributed by atoms with van der Waals surface area (Å²) in [5.74, 6) is 5.65. The van der Waals surface area contributed by atoms with E-state index in [9.17, 15) is 19.2 Å². The summed E-state index contributed by atoms with van der Waals surface area (Å²) in [7, 11) is 0. The van der Waals surface area contributed by atoms with Crippen molar-refractivity contribution in [3.63, 3.8) is 0 Å². The zero-order chi connectivity index (χ0) is 73.7. The van der Waals surface area contributed by atoms with Crippen molar-refractivity contribution < 1.29 is 28.7 Å². The molecule has 13 heteroatoms. The van der Waals surface area contributed by atoms with E-state index in [0.29, 0.717) is 78.3 Å². The number of anilines is 2. The van der Waals surface area contributed by atoms with Crippen molar-refractivity contribution >= 4 is 53.5 Å². The Morgan fingerprint density at radius 1 is 0.390 bits per heavy atom. The van der Waals surface area contributed by atoms with E-state index in [-0.39, 0.29) is 47.9 Å². The molecule has 100 heavy (non-hydrogen) atoms. The van der Waals surface area contributed by atoms with Crippen LogP contribution in [0.25, 0.3) is 6.08 Å². The molecule has 0 saturated carbocycles. The van der Waals surface area contributed by atoms with Crippen LogP contribution >= 0.6 is 0 Å². The standard InChI is InChI=1S/C15H21NO.C15H21N.C15H20O2.C14H20N2O.C14H20N2.C14H19NO2/c1-9(2)11-5-6-14-12(7-11)8-13(10(3)4)15(17)16-14;1-11(2)14-6-5-13-7-8-16(12(3)4)10-15(13)9-14;1-9(2)11-5-6-14-12(7-11)8-13(10(3)4)15(16)17-14;1-9(2)11-5-6-13-12(7-11)8-16(10(3)4)14(17)15-13;1-10(2)12-5-6-14-13(7-12)8-16(9-15-14)11(3)4;1-9(2)11-5-6-13-12(7-11)8-15(10(3)4)14(16)17-13/h5-7,9-10,13H,8H2,1-4H3,(H,16,17);5-9,11-12H,10H2,1-4H3;5-7,9-10,13H,8H2,1-4H3;5-7,9-10H,8H2,1-4H3,(H,15,17);5-7,9-11H,8H2,1-4H3;5-7,9-10H,8H2,1-4H3. The van der Waals surface area contributed by atoms with Gasteiger partial charge in [-0.25, -0.2) is 14.6 Å². The molecule has 2 unspecified atom stereocenters. The fourth-order valence-corrected chi connectivity index (χ4v) is 12.6. The number of hydrogen-bond donors (Lipinski definition) is 2. The van der Waals surface area contributed by atoms with Crippen molar-refractivity contribution in [2.75, 3.05) is 10.6 Å².